The third kappa shape index (κ3) is 2.29. The van der Waals surface area contributed by atoms with Gasteiger partial charge in [0.15, 0.2) is 10.4 Å². The van der Waals surface area contributed by atoms with E-state index in [0.717, 1.165) is 21.2 Å². The Kier molecular flexibility index (Phi) is 3.43. The molecule has 0 aliphatic heterocycles. The number of pyridine rings is 1. The van der Waals surface area contributed by atoms with Crippen molar-refractivity contribution in [1.82, 2.24) is 14.5 Å². The predicted octanol–water partition coefficient (Wildman–Crippen LogP) is 4.60. The second kappa shape index (κ2) is 5.10. The van der Waals surface area contributed by atoms with Crippen molar-refractivity contribution in [2.24, 2.45) is 0 Å². The van der Waals surface area contributed by atoms with Crippen LogP contribution >= 0.6 is 28.1 Å². The quantitative estimate of drug-likeness (QED) is 0.684. The fourth-order valence-electron chi connectivity index (χ4n) is 2.26. The summed E-state index contributed by atoms with van der Waals surface area (Å²) in [4.78, 5) is 7.52. The SMILES string of the molecule is CC(c1cccc(F)c1)n1c(=S)[nH]c2cc(Br)cnc21. The molecule has 0 amide bonds. The number of benzene rings is 1. The molecule has 0 spiro atoms. The number of nitrogens with zero attached hydrogens (tertiary/aromatic N) is 2. The summed E-state index contributed by atoms with van der Waals surface area (Å²) in [5, 5.41) is 0. The highest BCUT2D eigenvalue weighted by atomic mass is 79.9. The second-order valence-electron chi connectivity index (χ2n) is 4.56. The van der Waals surface area contributed by atoms with E-state index in [0.29, 0.717) is 4.77 Å². The lowest BCUT2D eigenvalue weighted by molar-refractivity contribution is 0.606. The Morgan fingerprint density at radius 2 is 2.20 bits per heavy atom. The van der Waals surface area contributed by atoms with Crippen LogP contribution in [0.4, 0.5) is 4.39 Å². The third-order valence-corrected chi connectivity index (χ3v) is 3.97. The summed E-state index contributed by atoms with van der Waals surface area (Å²) >= 11 is 8.75. The summed E-state index contributed by atoms with van der Waals surface area (Å²) in [7, 11) is 0. The highest BCUT2D eigenvalue weighted by Gasteiger charge is 2.14. The first-order valence-electron chi connectivity index (χ1n) is 6.07. The van der Waals surface area contributed by atoms with Gasteiger partial charge in [-0.05, 0) is 58.8 Å². The topological polar surface area (TPSA) is 33.6 Å². The number of H-pyrrole nitrogens is 1. The van der Waals surface area contributed by atoms with Gasteiger partial charge in [0.1, 0.15) is 5.82 Å². The average Bonchev–Trinajstić information content (AvgIpc) is 2.73. The summed E-state index contributed by atoms with van der Waals surface area (Å²) in [6, 6.07) is 8.36. The van der Waals surface area contributed by atoms with Crippen molar-refractivity contribution < 1.29 is 4.39 Å². The Bertz CT molecular complexity index is 840. The molecule has 0 saturated carbocycles. The van der Waals surface area contributed by atoms with Crippen LogP contribution in [0.1, 0.15) is 18.5 Å². The first-order chi connectivity index (χ1) is 9.56. The molecule has 3 nitrogen and oxygen atoms in total. The number of aromatic amines is 1. The Balaban J connectivity index is 2.19. The molecule has 1 aromatic carbocycles. The molecule has 3 aromatic rings. The van der Waals surface area contributed by atoms with Crippen LogP contribution in [-0.2, 0) is 0 Å². The zero-order chi connectivity index (χ0) is 14.3. The van der Waals surface area contributed by atoms with E-state index in [2.05, 4.69) is 25.9 Å². The van der Waals surface area contributed by atoms with Crippen molar-refractivity contribution in [2.45, 2.75) is 13.0 Å². The van der Waals surface area contributed by atoms with Crippen molar-refractivity contribution in [3.8, 4) is 0 Å². The van der Waals surface area contributed by atoms with Crippen LogP contribution in [-0.4, -0.2) is 14.5 Å². The number of aromatic nitrogens is 3. The summed E-state index contributed by atoms with van der Waals surface area (Å²) in [6.07, 6.45) is 1.72. The lowest BCUT2D eigenvalue weighted by Crippen LogP contribution is -2.07. The molecule has 3 rings (SSSR count). The van der Waals surface area contributed by atoms with E-state index in [1.807, 2.05) is 23.6 Å². The number of nitrogens with one attached hydrogen (secondary N) is 1. The van der Waals surface area contributed by atoms with Crippen LogP contribution < -0.4 is 0 Å². The van der Waals surface area contributed by atoms with Crippen molar-refractivity contribution >= 4 is 39.3 Å². The molecule has 1 unspecified atom stereocenters. The van der Waals surface area contributed by atoms with E-state index in [4.69, 9.17) is 12.2 Å². The van der Waals surface area contributed by atoms with Crippen LogP contribution in [0.25, 0.3) is 11.2 Å². The summed E-state index contributed by atoms with van der Waals surface area (Å²) in [6.45, 7) is 1.97. The number of hydrogen-bond acceptors (Lipinski definition) is 2. The number of fused-ring (bicyclic) bond motifs is 1. The minimum atomic E-state index is -0.253. The maximum Gasteiger partial charge on any atom is 0.179 e. The molecular formula is C14H11BrFN3S. The molecule has 1 atom stereocenters. The van der Waals surface area contributed by atoms with Crippen LogP contribution in [0.2, 0.25) is 0 Å². The van der Waals surface area contributed by atoms with E-state index in [9.17, 15) is 4.39 Å². The normalized spacial score (nSPS) is 12.8. The molecule has 0 radical (unpaired) electrons. The fraction of sp³-hybridized carbons (Fsp3) is 0.143. The molecule has 0 bridgehead atoms. The van der Waals surface area contributed by atoms with Gasteiger partial charge in [0, 0.05) is 10.7 Å². The highest BCUT2D eigenvalue weighted by molar-refractivity contribution is 9.10. The first-order valence-corrected chi connectivity index (χ1v) is 7.27. The van der Waals surface area contributed by atoms with Gasteiger partial charge in [0.05, 0.1) is 11.6 Å². The van der Waals surface area contributed by atoms with E-state index in [-0.39, 0.29) is 11.9 Å². The Hall–Kier alpha value is -1.53. The minimum absolute atomic E-state index is 0.0966. The van der Waals surface area contributed by atoms with Gasteiger partial charge in [-0.15, -0.1) is 0 Å². The fourth-order valence-corrected chi connectivity index (χ4v) is 2.95. The van der Waals surface area contributed by atoms with Crippen molar-refractivity contribution in [1.29, 1.82) is 0 Å². The molecule has 1 N–H and O–H groups in total. The lowest BCUT2D eigenvalue weighted by Gasteiger charge is -2.14. The van der Waals surface area contributed by atoms with E-state index in [1.165, 1.54) is 12.1 Å². The van der Waals surface area contributed by atoms with Gasteiger partial charge in [-0.3, -0.25) is 4.57 Å². The summed E-state index contributed by atoms with van der Waals surface area (Å²) < 4.78 is 16.7. The average molecular weight is 352 g/mol. The number of imidazole rings is 1. The molecule has 20 heavy (non-hydrogen) atoms. The molecule has 2 aromatic heterocycles. The van der Waals surface area contributed by atoms with Gasteiger partial charge in [-0.1, -0.05) is 12.1 Å². The standard InChI is InChI=1S/C14H11BrFN3S/c1-8(9-3-2-4-11(16)5-9)19-13-12(18-14(19)20)6-10(15)7-17-13/h2-8H,1H3,(H,18,20). The predicted molar refractivity (Wildman–Crippen MR) is 82.8 cm³/mol. The zero-order valence-electron chi connectivity index (χ0n) is 10.6. The van der Waals surface area contributed by atoms with Gasteiger partial charge >= 0.3 is 0 Å². The molecule has 6 heteroatoms. The Morgan fingerprint density at radius 1 is 1.40 bits per heavy atom. The number of hydrogen-bond donors (Lipinski definition) is 1. The lowest BCUT2D eigenvalue weighted by atomic mass is 10.1. The molecule has 102 valence electrons. The number of halogens is 2. The van der Waals surface area contributed by atoms with E-state index < -0.39 is 0 Å². The molecular weight excluding hydrogens is 341 g/mol. The zero-order valence-corrected chi connectivity index (χ0v) is 13.0. The van der Waals surface area contributed by atoms with E-state index >= 15 is 0 Å². The van der Waals surface area contributed by atoms with Crippen molar-refractivity contribution in [3.05, 3.63) is 57.2 Å². The molecule has 0 aliphatic carbocycles. The van der Waals surface area contributed by atoms with Crippen molar-refractivity contribution in [2.75, 3.05) is 0 Å². The summed E-state index contributed by atoms with van der Waals surface area (Å²) in [5.41, 5.74) is 2.47. The molecule has 0 aliphatic rings. The van der Waals surface area contributed by atoms with Crippen LogP contribution in [0, 0.1) is 10.6 Å². The van der Waals surface area contributed by atoms with Gasteiger partial charge in [0.25, 0.3) is 0 Å². The molecule has 2 heterocycles. The van der Waals surface area contributed by atoms with E-state index in [1.54, 1.807) is 12.3 Å². The minimum Gasteiger partial charge on any atom is -0.329 e. The largest absolute Gasteiger partial charge is 0.329 e. The smallest absolute Gasteiger partial charge is 0.179 e. The monoisotopic (exact) mass is 351 g/mol. The number of rotatable bonds is 2. The van der Waals surface area contributed by atoms with Gasteiger partial charge in [0.2, 0.25) is 0 Å². The maximum atomic E-state index is 13.4. The Labute approximate surface area is 128 Å². The van der Waals surface area contributed by atoms with Crippen LogP contribution in [0.5, 0.6) is 0 Å². The second-order valence-corrected chi connectivity index (χ2v) is 5.86. The maximum absolute atomic E-state index is 13.4. The molecule has 0 saturated heterocycles. The Morgan fingerprint density at radius 3 is 2.95 bits per heavy atom. The van der Waals surface area contributed by atoms with Crippen molar-refractivity contribution in [3.63, 3.8) is 0 Å². The molecule has 0 fully saturated rings. The van der Waals surface area contributed by atoms with Gasteiger partial charge in [-0.2, -0.15) is 0 Å². The highest BCUT2D eigenvalue weighted by Crippen LogP contribution is 2.25. The van der Waals surface area contributed by atoms with Crippen LogP contribution in [0.3, 0.4) is 0 Å². The van der Waals surface area contributed by atoms with Crippen LogP contribution in [0.15, 0.2) is 41.0 Å². The third-order valence-electron chi connectivity index (χ3n) is 3.24. The first kappa shape index (κ1) is 13.5. The summed E-state index contributed by atoms with van der Waals surface area (Å²) in [5.74, 6) is -0.253. The van der Waals surface area contributed by atoms with Gasteiger partial charge in [-0.25, -0.2) is 9.37 Å². The van der Waals surface area contributed by atoms with Gasteiger partial charge < -0.3 is 4.98 Å².